The molecule has 0 atom stereocenters. The Hall–Kier alpha value is -2.30. The van der Waals surface area contributed by atoms with Crippen LogP contribution in [0.2, 0.25) is 0 Å². The SMILES string of the molecule is CC(C)(C)OC(=O)N1CCC(c2nccc(C#N)c2C(F)(F)F)CC1. The number of halogens is 3. The second-order valence-corrected chi connectivity index (χ2v) is 6.97. The van der Waals surface area contributed by atoms with Crippen molar-refractivity contribution in [3.63, 3.8) is 0 Å². The summed E-state index contributed by atoms with van der Waals surface area (Å²) in [7, 11) is 0. The summed E-state index contributed by atoms with van der Waals surface area (Å²) in [5.74, 6) is -0.455. The van der Waals surface area contributed by atoms with E-state index in [1.807, 2.05) is 0 Å². The first-order chi connectivity index (χ1) is 11.5. The van der Waals surface area contributed by atoms with Crippen molar-refractivity contribution in [3.05, 3.63) is 29.1 Å². The molecule has 1 aromatic heterocycles. The van der Waals surface area contributed by atoms with Gasteiger partial charge in [0, 0.05) is 25.2 Å². The van der Waals surface area contributed by atoms with Gasteiger partial charge in [-0.1, -0.05) is 0 Å². The Bertz CT molecular complexity index is 682. The fraction of sp³-hybridized carbons (Fsp3) is 0.588. The lowest BCUT2D eigenvalue weighted by Crippen LogP contribution is -2.41. The Labute approximate surface area is 144 Å². The van der Waals surface area contributed by atoms with Crippen LogP contribution >= 0.6 is 0 Å². The molecule has 0 bridgehead atoms. The van der Waals surface area contributed by atoms with Crippen LogP contribution in [-0.2, 0) is 10.9 Å². The Morgan fingerprint density at radius 3 is 2.40 bits per heavy atom. The standard InChI is InChI=1S/C17H20F3N3O2/c1-16(2,3)25-15(24)23-8-5-11(6-9-23)14-13(17(18,19)20)12(10-21)4-7-22-14/h4,7,11H,5-6,8-9H2,1-3H3. The molecule has 0 N–H and O–H groups in total. The van der Waals surface area contributed by atoms with Crippen molar-refractivity contribution in [2.24, 2.45) is 0 Å². The van der Waals surface area contributed by atoms with E-state index in [0.717, 1.165) is 6.07 Å². The molecular formula is C17H20F3N3O2. The molecule has 0 aromatic carbocycles. The predicted molar refractivity (Wildman–Crippen MR) is 83.7 cm³/mol. The van der Waals surface area contributed by atoms with Gasteiger partial charge in [0.2, 0.25) is 0 Å². The minimum atomic E-state index is -4.64. The van der Waals surface area contributed by atoms with Gasteiger partial charge in [0.1, 0.15) is 5.60 Å². The van der Waals surface area contributed by atoms with Crippen LogP contribution in [0.5, 0.6) is 0 Å². The number of hydrogen-bond donors (Lipinski definition) is 0. The van der Waals surface area contributed by atoms with Gasteiger partial charge in [0.15, 0.2) is 0 Å². The molecule has 0 unspecified atom stereocenters. The van der Waals surface area contributed by atoms with Crippen LogP contribution in [0.1, 0.15) is 56.4 Å². The number of hydrogen-bond acceptors (Lipinski definition) is 4. The van der Waals surface area contributed by atoms with Gasteiger partial charge >= 0.3 is 12.3 Å². The van der Waals surface area contributed by atoms with Crippen LogP contribution < -0.4 is 0 Å². The third-order valence-corrected chi connectivity index (χ3v) is 3.92. The average Bonchev–Trinajstić information content (AvgIpc) is 2.51. The highest BCUT2D eigenvalue weighted by Crippen LogP contribution is 2.39. The van der Waals surface area contributed by atoms with E-state index in [0.29, 0.717) is 12.8 Å². The summed E-state index contributed by atoms with van der Waals surface area (Å²) < 4.78 is 45.4. The number of carbonyl (C=O) groups excluding carboxylic acids is 1. The number of piperidine rings is 1. The third-order valence-electron chi connectivity index (χ3n) is 3.92. The molecule has 1 aliphatic rings. The molecule has 2 heterocycles. The van der Waals surface area contributed by atoms with Gasteiger partial charge in [-0.3, -0.25) is 4.98 Å². The van der Waals surface area contributed by atoms with Crippen LogP contribution in [0, 0.1) is 11.3 Å². The van der Waals surface area contributed by atoms with Crippen LogP contribution in [0.3, 0.4) is 0 Å². The Balaban J connectivity index is 2.17. The molecule has 0 saturated carbocycles. The van der Waals surface area contributed by atoms with Crippen molar-refractivity contribution < 1.29 is 22.7 Å². The van der Waals surface area contributed by atoms with Gasteiger partial charge in [-0.05, 0) is 39.7 Å². The molecule has 1 aliphatic heterocycles. The molecule has 8 heteroatoms. The zero-order chi connectivity index (χ0) is 18.8. The summed E-state index contributed by atoms with van der Waals surface area (Å²) in [6, 6.07) is 2.66. The number of pyridine rings is 1. The lowest BCUT2D eigenvalue weighted by molar-refractivity contribution is -0.139. The van der Waals surface area contributed by atoms with Gasteiger partial charge in [-0.25, -0.2) is 4.79 Å². The summed E-state index contributed by atoms with van der Waals surface area (Å²) in [4.78, 5) is 17.4. The number of amides is 1. The van der Waals surface area contributed by atoms with Crippen molar-refractivity contribution in [2.75, 3.05) is 13.1 Å². The summed E-state index contributed by atoms with van der Waals surface area (Å²) >= 11 is 0. The third kappa shape index (κ3) is 4.62. The fourth-order valence-corrected chi connectivity index (χ4v) is 2.84. The van der Waals surface area contributed by atoms with Crippen LogP contribution in [0.15, 0.2) is 12.3 Å². The van der Waals surface area contributed by atoms with Crippen molar-refractivity contribution in [1.29, 1.82) is 5.26 Å². The maximum Gasteiger partial charge on any atom is 0.419 e. The molecule has 1 amide bonds. The first kappa shape index (κ1) is 19.0. The minimum absolute atomic E-state index is 0.115. The Kier molecular flexibility index (Phi) is 5.26. The lowest BCUT2D eigenvalue weighted by atomic mass is 9.89. The maximum absolute atomic E-state index is 13.4. The Morgan fingerprint density at radius 1 is 1.32 bits per heavy atom. The fourth-order valence-electron chi connectivity index (χ4n) is 2.84. The van der Waals surface area contributed by atoms with Gasteiger partial charge in [0.25, 0.3) is 0 Å². The average molecular weight is 355 g/mol. The number of alkyl halides is 3. The second-order valence-electron chi connectivity index (χ2n) is 6.97. The van der Waals surface area contributed by atoms with E-state index < -0.39 is 34.9 Å². The van der Waals surface area contributed by atoms with Crippen molar-refractivity contribution in [1.82, 2.24) is 9.88 Å². The minimum Gasteiger partial charge on any atom is -0.444 e. The molecule has 0 aliphatic carbocycles. The molecule has 5 nitrogen and oxygen atoms in total. The molecule has 1 fully saturated rings. The number of aromatic nitrogens is 1. The molecule has 136 valence electrons. The summed E-state index contributed by atoms with van der Waals surface area (Å²) in [6.07, 6.45) is -3.21. The first-order valence-electron chi connectivity index (χ1n) is 7.97. The van der Waals surface area contributed by atoms with E-state index in [2.05, 4.69) is 4.98 Å². The quantitative estimate of drug-likeness (QED) is 0.761. The number of rotatable bonds is 1. The largest absolute Gasteiger partial charge is 0.444 e. The zero-order valence-electron chi connectivity index (χ0n) is 14.4. The number of carbonyl (C=O) groups is 1. The van der Waals surface area contributed by atoms with E-state index in [9.17, 15) is 18.0 Å². The van der Waals surface area contributed by atoms with Gasteiger partial charge in [-0.15, -0.1) is 0 Å². The van der Waals surface area contributed by atoms with Gasteiger partial charge in [-0.2, -0.15) is 18.4 Å². The molecule has 0 spiro atoms. The summed E-state index contributed by atoms with van der Waals surface area (Å²) in [5, 5.41) is 8.98. The van der Waals surface area contributed by atoms with E-state index in [4.69, 9.17) is 10.00 Å². The highest BCUT2D eigenvalue weighted by atomic mass is 19.4. The van der Waals surface area contributed by atoms with Crippen LogP contribution in [0.4, 0.5) is 18.0 Å². The molecule has 0 radical (unpaired) electrons. The predicted octanol–water partition coefficient (Wildman–Crippen LogP) is 4.09. The smallest absolute Gasteiger partial charge is 0.419 e. The van der Waals surface area contributed by atoms with Crippen molar-refractivity contribution in [3.8, 4) is 6.07 Å². The Morgan fingerprint density at radius 2 is 1.92 bits per heavy atom. The van der Waals surface area contributed by atoms with Crippen LogP contribution in [-0.4, -0.2) is 34.7 Å². The normalized spacial score (nSPS) is 16.4. The molecular weight excluding hydrogens is 335 g/mol. The molecule has 2 rings (SSSR count). The molecule has 1 saturated heterocycles. The summed E-state index contributed by atoms with van der Waals surface area (Å²) in [6.45, 7) is 5.84. The maximum atomic E-state index is 13.4. The van der Waals surface area contributed by atoms with Gasteiger partial charge < -0.3 is 9.64 Å². The van der Waals surface area contributed by atoms with E-state index in [-0.39, 0.29) is 18.8 Å². The van der Waals surface area contributed by atoms with Crippen LogP contribution in [0.25, 0.3) is 0 Å². The summed E-state index contributed by atoms with van der Waals surface area (Å²) in [5.41, 5.74) is -2.13. The van der Waals surface area contributed by atoms with Crippen molar-refractivity contribution in [2.45, 2.75) is 51.3 Å². The zero-order valence-corrected chi connectivity index (χ0v) is 14.4. The van der Waals surface area contributed by atoms with Crippen molar-refractivity contribution >= 4 is 6.09 Å². The first-order valence-corrected chi connectivity index (χ1v) is 7.97. The highest BCUT2D eigenvalue weighted by Gasteiger charge is 2.40. The number of nitrogens with zero attached hydrogens (tertiary/aromatic N) is 3. The van der Waals surface area contributed by atoms with E-state index >= 15 is 0 Å². The van der Waals surface area contributed by atoms with E-state index in [1.54, 1.807) is 26.8 Å². The number of ether oxygens (including phenoxy) is 1. The highest BCUT2D eigenvalue weighted by molar-refractivity contribution is 5.68. The number of likely N-dealkylation sites (tertiary alicyclic amines) is 1. The van der Waals surface area contributed by atoms with E-state index in [1.165, 1.54) is 11.1 Å². The van der Waals surface area contributed by atoms with Gasteiger partial charge in [0.05, 0.1) is 22.9 Å². The number of nitriles is 1. The monoisotopic (exact) mass is 355 g/mol. The topological polar surface area (TPSA) is 66.2 Å². The second kappa shape index (κ2) is 6.90. The lowest BCUT2D eigenvalue weighted by Gasteiger charge is -2.34. The molecule has 25 heavy (non-hydrogen) atoms. The molecule has 1 aromatic rings.